The predicted molar refractivity (Wildman–Crippen MR) is 83.7 cm³/mol. The third-order valence-electron chi connectivity index (χ3n) is 3.14. The molecule has 7 heteroatoms. The van der Waals surface area contributed by atoms with Crippen molar-refractivity contribution in [3.8, 4) is 28.1 Å². The van der Waals surface area contributed by atoms with E-state index in [0.717, 1.165) is 10.6 Å². The molecule has 106 valence electrons. The number of rotatable bonds is 2. The maximum atomic E-state index is 9.42. The standard InChI is InChI=1S/C15H7ClN4OS/c16-10-4-1-3-9(7-10)14-19-20-11(8-17)13(18-15(20)22-14)12-5-2-6-21-12/h1-7H. The largest absolute Gasteiger partial charge is 0.463 e. The van der Waals surface area contributed by atoms with Crippen molar-refractivity contribution in [2.45, 2.75) is 0 Å². The Hall–Kier alpha value is -2.62. The SMILES string of the molecule is N#Cc1c(-c2ccco2)nc2sc(-c3cccc(Cl)c3)nn12. The molecule has 0 aliphatic heterocycles. The van der Waals surface area contributed by atoms with Crippen molar-refractivity contribution in [2.24, 2.45) is 0 Å². The minimum atomic E-state index is 0.356. The van der Waals surface area contributed by atoms with E-state index in [0.29, 0.717) is 27.1 Å². The molecule has 0 radical (unpaired) electrons. The number of fused-ring (bicyclic) bond motifs is 1. The molecule has 0 unspecified atom stereocenters. The number of aromatic nitrogens is 3. The van der Waals surface area contributed by atoms with E-state index in [-0.39, 0.29) is 0 Å². The summed E-state index contributed by atoms with van der Waals surface area (Å²) in [5, 5.41) is 15.3. The van der Waals surface area contributed by atoms with E-state index in [1.54, 1.807) is 29.0 Å². The van der Waals surface area contributed by atoms with Gasteiger partial charge in [-0.2, -0.15) is 14.9 Å². The van der Waals surface area contributed by atoms with Gasteiger partial charge in [0, 0.05) is 10.6 Å². The molecule has 0 aliphatic carbocycles. The second kappa shape index (κ2) is 4.98. The van der Waals surface area contributed by atoms with Gasteiger partial charge in [0.2, 0.25) is 4.96 Å². The normalized spacial score (nSPS) is 10.9. The Labute approximate surface area is 134 Å². The van der Waals surface area contributed by atoms with Crippen LogP contribution in [0, 0.1) is 11.3 Å². The fraction of sp³-hybridized carbons (Fsp3) is 0. The first-order chi connectivity index (χ1) is 10.8. The maximum absolute atomic E-state index is 9.42. The molecule has 0 amide bonds. The summed E-state index contributed by atoms with van der Waals surface area (Å²) in [6, 6.07) is 13.1. The molecule has 0 bridgehead atoms. The third kappa shape index (κ3) is 1.99. The van der Waals surface area contributed by atoms with E-state index in [1.165, 1.54) is 11.3 Å². The van der Waals surface area contributed by atoms with Crippen molar-refractivity contribution in [2.75, 3.05) is 0 Å². The summed E-state index contributed by atoms with van der Waals surface area (Å²) in [4.78, 5) is 5.10. The zero-order valence-electron chi connectivity index (χ0n) is 11.0. The zero-order chi connectivity index (χ0) is 15.1. The van der Waals surface area contributed by atoms with Gasteiger partial charge < -0.3 is 4.42 Å². The smallest absolute Gasteiger partial charge is 0.214 e. The summed E-state index contributed by atoms with van der Waals surface area (Å²) < 4.78 is 6.86. The lowest BCUT2D eigenvalue weighted by Crippen LogP contribution is -1.90. The number of nitriles is 1. The molecule has 0 aliphatic rings. The number of furan rings is 1. The summed E-state index contributed by atoms with van der Waals surface area (Å²) in [6.07, 6.45) is 1.55. The van der Waals surface area contributed by atoms with E-state index < -0.39 is 0 Å². The number of hydrogen-bond acceptors (Lipinski definition) is 5. The molecule has 3 aromatic heterocycles. The molecular formula is C15H7ClN4OS. The molecular weight excluding hydrogens is 320 g/mol. The van der Waals surface area contributed by atoms with E-state index in [9.17, 15) is 5.26 Å². The average Bonchev–Trinajstić information content (AvgIpc) is 3.22. The van der Waals surface area contributed by atoms with E-state index >= 15 is 0 Å². The summed E-state index contributed by atoms with van der Waals surface area (Å²) in [5.74, 6) is 0.554. The molecule has 0 spiro atoms. The van der Waals surface area contributed by atoms with Crippen LogP contribution in [0.15, 0.2) is 47.1 Å². The second-order valence-corrected chi connectivity index (χ2v) is 5.90. The van der Waals surface area contributed by atoms with E-state index in [2.05, 4.69) is 16.2 Å². The van der Waals surface area contributed by atoms with Crippen LogP contribution in [0.2, 0.25) is 5.02 Å². The van der Waals surface area contributed by atoms with Gasteiger partial charge in [-0.05, 0) is 24.3 Å². The highest BCUT2D eigenvalue weighted by Crippen LogP contribution is 2.31. The van der Waals surface area contributed by atoms with Gasteiger partial charge in [0.25, 0.3) is 0 Å². The average molecular weight is 327 g/mol. The van der Waals surface area contributed by atoms with Crippen molar-refractivity contribution in [3.05, 3.63) is 53.4 Å². The number of nitrogens with zero attached hydrogens (tertiary/aromatic N) is 4. The molecule has 0 saturated carbocycles. The van der Waals surface area contributed by atoms with Crippen molar-refractivity contribution in [1.82, 2.24) is 14.6 Å². The lowest BCUT2D eigenvalue weighted by atomic mass is 10.2. The third-order valence-corrected chi connectivity index (χ3v) is 4.33. The Kier molecular flexibility index (Phi) is 2.96. The van der Waals surface area contributed by atoms with Gasteiger partial charge in [-0.1, -0.05) is 35.1 Å². The van der Waals surface area contributed by atoms with Crippen LogP contribution in [0.25, 0.3) is 27.0 Å². The minimum Gasteiger partial charge on any atom is -0.463 e. The summed E-state index contributed by atoms with van der Waals surface area (Å²) in [6.45, 7) is 0. The lowest BCUT2D eigenvalue weighted by molar-refractivity contribution is 0.580. The van der Waals surface area contributed by atoms with Crippen molar-refractivity contribution in [1.29, 1.82) is 5.26 Å². The Bertz CT molecular complexity index is 1010. The van der Waals surface area contributed by atoms with Gasteiger partial charge in [0.1, 0.15) is 16.8 Å². The molecule has 0 saturated heterocycles. The summed E-state index contributed by atoms with van der Waals surface area (Å²) >= 11 is 7.40. The van der Waals surface area contributed by atoms with Crippen LogP contribution in [0.5, 0.6) is 0 Å². The van der Waals surface area contributed by atoms with Crippen LogP contribution >= 0.6 is 22.9 Å². The van der Waals surface area contributed by atoms with Crippen molar-refractivity contribution >= 4 is 27.9 Å². The molecule has 0 fully saturated rings. The highest BCUT2D eigenvalue weighted by molar-refractivity contribution is 7.19. The first-order valence-corrected chi connectivity index (χ1v) is 7.55. The summed E-state index contributed by atoms with van der Waals surface area (Å²) in [5.41, 5.74) is 1.75. The Morgan fingerprint density at radius 2 is 2.18 bits per heavy atom. The number of halogens is 1. The van der Waals surface area contributed by atoms with E-state index in [4.69, 9.17) is 16.0 Å². The topological polar surface area (TPSA) is 67.1 Å². The van der Waals surface area contributed by atoms with Gasteiger partial charge in [0.15, 0.2) is 11.5 Å². The molecule has 4 aromatic rings. The van der Waals surface area contributed by atoms with Gasteiger partial charge in [0.05, 0.1) is 6.26 Å². The van der Waals surface area contributed by atoms with Gasteiger partial charge in [-0.3, -0.25) is 0 Å². The highest BCUT2D eigenvalue weighted by atomic mass is 35.5. The quantitative estimate of drug-likeness (QED) is 0.552. The molecule has 0 N–H and O–H groups in total. The van der Waals surface area contributed by atoms with Crippen molar-refractivity contribution in [3.63, 3.8) is 0 Å². The Morgan fingerprint density at radius 3 is 2.91 bits per heavy atom. The first kappa shape index (κ1) is 13.1. The van der Waals surface area contributed by atoms with E-state index in [1.807, 2.05) is 18.2 Å². The number of hydrogen-bond donors (Lipinski definition) is 0. The monoisotopic (exact) mass is 326 g/mol. The number of benzene rings is 1. The molecule has 5 nitrogen and oxygen atoms in total. The van der Waals surface area contributed by atoms with Crippen LogP contribution in [-0.4, -0.2) is 14.6 Å². The van der Waals surface area contributed by atoms with Crippen LogP contribution in [0.1, 0.15) is 5.69 Å². The van der Waals surface area contributed by atoms with Crippen LogP contribution in [0.3, 0.4) is 0 Å². The van der Waals surface area contributed by atoms with Gasteiger partial charge in [-0.15, -0.1) is 0 Å². The van der Waals surface area contributed by atoms with Crippen molar-refractivity contribution < 1.29 is 4.42 Å². The van der Waals surface area contributed by atoms with Crippen LogP contribution < -0.4 is 0 Å². The zero-order valence-corrected chi connectivity index (χ0v) is 12.6. The second-order valence-electron chi connectivity index (χ2n) is 4.51. The highest BCUT2D eigenvalue weighted by Gasteiger charge is 2.19. The molecule has 1 aromatic carbocycles. The molecule has 4 rings (SSSR count). The fourth-order valence-corrected chi connectivity index (χ4v) is 3.26. The maximum Gasteiger partial charge on any atom is 0.214 e. The lowest BCUT2D eigenvalue weighted by Gasteiger charge is -1.96. The molecule has 22 heavy (non-hydrogen) atoms. The molecule has 3 heterocycles. The van der Waals surface area contributed by atoms with Gasteiger partial charge in [-0.25, -0.2) is 4.98 Å². The number of imidazole rings is 1. The van der Waals surface area contributed by atoms with Crippen LogP contribution in [0.4, 0.5) is 0 Å². The van der Waals surface area contributed by atoms with Gasteiger partial charge >= 0.3 is 0 Å². The predicted octanol–water partition coefficient (Wildman–Crippen LogP) is 4.24. The fourth-order valence-electron chi connectivity index (χ4n) is 2.17. The minimum absolute atomic E-state index is 0.356. The Morgan fingerprint density at radius 1 is 1.27 bits per heavy atom. The Balaban J connectivity index is 1.90. The summed E-state index contributed by atoms with van der Waals surface area (Å²) in [7, 11) is 0. The molecule has 0 atom stereocenters. The first-order valence-electron chi connectivity index (χ1n) is 6.36. The van der Waals surface area contributed by atoms with Crippen LogP contribution in [-0.2, 0) is 0 Å².